The van der Waals surface area contributed by atoms with Crippen LogP contribution >= 0.6 is 0 Å². The van der Waals surface area contributed by atoms with Gasteiger partial charge in [-0.3, -0.25) is 0 Å². The number of benzene rings is 2. The van der Waals surface area contributed by atoms with E-state index in [-0.39, 0.29) is 18.3 Å². The van der Waals surface area contributed by atoms with Gasteiger partial charge in [0, 0.05) is 12.2 Å². The molecule has 0 amide bonds. The zero-order valence-corrected chi connectivity index (χ0v) is 15.8. The third-order valence-corrected chi connectivity index (χ3v) is 6.04. The Morgan fingerprint density at radius 3 is 2.28 bits per heavy atom. The zero-order valence-electron chi connectivity index (χ0n) is 15.8. The summed E-state index contributed by atoms with van der Waals surface area (Å²) in [5.41, 5.74) is 6.98. The zero-order chi connectivity index (χ0) is 17.8. The first kappa shape index (κ1) is 16.7. The molecule has 1 fully saturated rings. The van der Waals surface area contributed by atoms with Crippen LogP contribution in [0, 0.1) is 6.92 Å². The molecule has 2 aliphatic heterocycles. The number of hydrogen-bond acceptors (Lipinski definition) is 3. The summed E-state index contributed by atoms with van der Waals surface area (Å²) in [5, 5.41) is 3.47. The van der Waals surface area contributed by atoms with Gasteiger partial charge in [0.25, 0.3) is 0 Å². The Balaban J connectivity index is 1.77. The van der Waals surface area contributed by atoms with Crippen LogP contribution in [0.3, 0.4) is 0 Å². The van der Waals surface area contributed by atoms with Crippen molar-refractivity contribution in [1.29, 1.82) is 0 Å². The minimum Gasteiger partial charge on any atom is -0.399 e. The smallest absolute Gasteiger partial charge is 0.399 e. The van der Waals surface area contributed by atoms with Crippen LogP contribution in [0.15, 0.2) is 36.4 Å². The van der Waals surface area contributed by atoms with Crippen molar-refractivity contribution in [2.75, 3.05) is 11.9 Å². The van der Waals surface area contributed by atoms with E-state index in [1.807, 2.05) is 0 Å². The fourth-order valence-corrected chi connectivity index (χ4v) is 3.77. The van der Waals surface area contributed by atoms with Gasteiger partial charge in [-0.25, -0.2) is 0 Å². The van der Waals surface area contributed by atoms with Crippen LogP contribution in [0.4, 0.5) is 5.69 Å². The van der Waals surface area contributed by atoms with Gasteiger partial charge >= 0.3 is 7.12 Å². The number of anilines is 1. The fraction of sp³-hybridized carbons (Fsp3) is 0.429. The first-order valence-electron chi connectivity index (χ1n) is 9.11. The summed E-state index contributed by atoms with van der Waals surface area (Å²) in [5.74, 6) is 0. The second kappa shape index (κ2) is 5.62. The molecule has 3 nitrogen and oxygen atoms in total. The monoisotopic (exact) mass is 335 g/mol. The molecular weight excluding hydrogens is 309 g/mol. The lowest BCUT2D eigenvalue weighted by Gasteiger charge is -2.32. The summed E-state index contributed by atoms with van der Waals surface area (Å²) in [6, 6.07) is 13.0. The average Bonchev–Trinajstić information content (AvgIpc) is 3.10. The third kappa shape index (κ3) is 2.59. The quantitative estimate of drug-likeness (QED) is 0.844. The van der Waals surface area contributed by atoms with Gasteiger partial charge in [0.1, 0.15) is 0 Å². The van der Waals surface area contributed by atoms with Crippen molar-refractivity contribution in [1.82, 2.24) is 0 Å². The topological polar surface area (TPSA) is 30.5 Å². The van der Waals surface area contributed by atoms with Crippen molar-refractivity contribution in [3.05, 3.63) is 47.5 Å². The van der Waals surface area contributed by atoms with Crippen LogP contribution < -0.4 is 10.8 Å². The summed E-state index contributed by atoms with van der Waals surface area (Å²) in [7, 11) is -0.320. The van der Waals surface area contributed by atoms with Crippen LogP contribution in [0.25, 0.3) is 11.1 Å². The van der Waals surface area contributed by atoms with Crippen LogP contribution in [0.1, 0.15) is 38.8 Å². The van der Waals surface area contributed by atoms with Crippen LogP contribution in [-0.4, -0.2) is 24.9 Å². The van der Waals surface area contributed by atoms with E-state index in [2.05, 4.69) is 76.3 Å². The molecule has 2 aliphatic rings. The maximum absolute atomic E-state index is 6.28. The molecule has 0 saturated carbocycles. The maximum atomic E-state index is 6.28. The highest BCUT2D eigenvalue weighted by Crippen LogP contribution is 2.38. The van der Waals surface area contributed by atoms with Crippen LogP contribution in [-0.2, 0) is 15.7 Å². The highest BCUT2D eigenvalue weighted by molar-refractivity contribution is 6.62. The molecule has 0 radical (unpaired) electrons. The molecule has 2 aromatic rings. The molecule has 0 aromatic heterocycles. The van der Waals surface area contributed by atoms with E-state index in [1.54, 1.807) is 0 Å². The largest absolute Gasteiger partial charge is 0.495 e. The van der Waals surface area contributed by atoms with E-state index >= 15 is 0 Å². The summed E-state index contributed by atoms with van der Waals surface area (Å²) in [4.78, 5) is 0. The Hall–Kier alpha value is -1.78. The van der Waals surface area contributed by atoms with E-state index in [4.69, 9.17) is 9.31 Å². The van der Waals surface area contributed by atoms with Crippen LogP contribution in [0.2, 0.25) is 0 Å². The average molecular weight is 335 g/mol. The minimum atomic E-state index is -0.321. The van der Waals surface area contributed by atoms with Crippen molar-refractivity contribution in [2.24, 2.45) is 0 Å². The lowest BCUT2D eigenvalue weighted by atomic mass is 9.74. The second-order valence-corrected chi connectivity index (χ2v) is 8.12. The molecule has 25 heavy (non-hydrogen) atoms. The summed E-state index contributed by atoms with van der Waals surface area (Å²) < 4.78 is 12.6. The molecule has 0 atom stereocenters. The SMILES string of the molecule is Cc1c(B2OC(C)(C)C(C)(C)O2)cccc1-c1cccc2c1CCN2. The molecular formula is C21H26BNO2. The van der Waals surface area contributed by atoms with Crippen molar-refractivity contribution < 1.29 is 9.31 Å². The van der Waals surface area contributed by atoms with Crippen molar-refractivity contribution in [3.8, 4) is 11.1 Å². The Kier molecular flexibility index (Phi) is 3.75. The molecule has 2 heterocycles. The summed E-state index contributed by atoms with van der Waals surface area (Å²) >= 11 is 0. The highest BCUT2D eigenvalue weighted by Gasteiger charge is 2.52. The number of fused-ring (bicyclic) bond motifs is 1. The molecule has 4 rings (SSSR count). The molecule has 4 heteroatoms. The van der Waals surface area contributed by atoms with Crippen molar-refractivity contribution in [3.63, 3.8) is 0 Å². The van der Waals surface area contributed by atoms with E-state index in [0.29, 0.717) is 0 Å². The molecule has 130 valence electrons. The minimum absolute atomic E-state index is 0.320. The first-order chi connectivity index (χ1) is 11.8. The van der Waals surface area contributed by atoms with E-state index in [1.165, 1.54) is 27.9 Å². The molecule has 0 bridgehead atoms. The van der Waals surface area contributed by atoms with Crippen molar-refractivity contribution in [2.45, 2.75) is 52.2 Å². The van der Waals surface area contributed by atoms with Gasteiger partial charge in [0.2, 0.25) is 0 Å². The van der Waals surface area contributed by atoms with E-state index in [9.17, 15) is 0 Å². The molecule has 1 saturated heterocycles. The van der Waals surface area contributed by atoms with Gasteiger partial charge in [-0.15, -0.1) is 0 Å². The predicted octanol–water partition coefficient (Wildman–Crippen LogP) is 3.93. The molecule has 1 N–H and O–H groups in total. The molecule has 0 unspecified atom stereocenters. The van der Waals surface area contributed by atoms with Crippen molar-refractivity contribution >= 4 is 18.3 Å². The van der Waals surface area contributed by atoms with Crippen LogP contribution in [0.5, 0.6) is 0 Å². The van der Waals surface area contributed by atoms with Gasteiger partial charge in [-0.1, -0.05) is 30.3 Å². The lowest BCUT2D eigenvalue weighted by molar-refractivity contribution is 0.00578. The van der Waals surface area contributed by atoms with Gasteiger partial charge in [-0.2, -0.15) is 0 Å². The normalized spacial score (nSPS) is 20.4. The Bertz CT molecular complexity index is 813. The number of rotatable bonds is 2. The van der Waals surface area contributed by atoms with Gasteiger partial charge in [-0.05, 0) is 74.8 Å². The summed E-state index contributed by atoms with van der Waals surface area (Å²) in [6.45, 7) is 11.6. The lowest BCUT2D eigenvalue weighted by Crippen LogP contribution is -2.41. The Morgan fingerprint density at radius 2 is 1.56 bits per heavy atom. The van der Waals surface area contributed by atoms with Gasteiger partial charge in [0.15, 0.2) is 0 Å². The third-order valence-electron chi connectivity index (χ3n) is 6.04. The fourth-order valence-electron chi connectivity index (χ4n) is 3.77. The Labute approximate surface area is 150 Å². The first-order valence-corrected chi connectivity index (χ1v) is 9.11. The molecule has 0 spiro atoms. The number of nitrogens with one attached hydrogen (secondary N) is 1. The Morgan fingerprint density at radius 1 is 0.920 bits per heavy atom. The second-order valence-electron chi connectivity index (χ2n) is 8.12. The van der Waals surface area contributed by atoms with Gasteiger partial charge < -0.3 is 14.6 Å². The predicted molar refractivity (Wildman–Crippen MR) is 105 cm³/mol. The highest BCUT2D eigenvalue weighted by atomic mass is 16.7. The van der Waals surface area contributed by atoms with E-state index in [0.717, 1.165) is 18.4 Å². The van der Waals surface area contributed by atoms with E-state index < -0.39 is 0 Å². The molecule has 2 aromatic carbocycles. The van der Waals surface area contributed by atoms with Gasteiger partial charge in [0.05, 0.1) is 11.2 Å². The molecule has 0 aliphatic carbocycles. The maximum Gasteiger partial charge on any atom is 0.495 e. The standard InChI is InChI=1S/C21H26BNO2/c1-14-15(16-9-7-11-19-17(16)12-13-23-19)8-6-10-18(14)22-24-20(2,3)21(4,5)25-22/h6-11,23H,12-13H2,1-5H3. The number of hydrogen-bond donors (Lipinski definition) is 1. The summed E-state index contributed by atoms with van der Waals surface area (Å²) in [6.07, 6.45) is 1.08.